The van der Waals surface area contributed by atoms with E-state index in [1.807, 2.05) is 5.38 Å². The molecule has 1 aliphatic heterocycles. The molecule has 1 aromatic rings. The van der Waals surface area contributed by atoms with Gasteiger partial charge in [-0.2, -0.15) is 0 Å². The third kappa shape index (κ3) is 3.72. The van der Waals surface area contributed by atoms with Crippen LogP contribution >= 0.6 is 11.3 Å². The van der Waals surface area contributed by atoms with Crippen molar-refractivity contribution in [2.75, 3.05) is 13.1 Å². The number of nitrogens with one attached hydrogen (secondary N) is 1. The summed E-state index contributed by atoms with van der Waals surface area (Å²) in [5, 5.41) is 14.9. The number of amides is 2. The Hall–Kier alpha value is -1.63. The fraction of sp³-hybridized carbons (Fsp3) is 0.643. The molecule has 2 amide bonds. The molecule has 0 bridgehead atoms. The topological polar surface area (TPSA) is 82.5 Å². The van der Waals surface area contributed by atoms with Crippen molar-refractivity contribution in [2.24, 2.45) is 11.3 Å². The Morgan fingerprint density at radius 2 is 2.33 bits per heavy atom. The summed E-state index contributed by atoms with van der Waals surface area (Å²) in [5.41, 5.74) is -0.811. The van der Waals surface area contributed by atoms with Crippen LogP contribution in [0.3, 0.4) is 0 Å². The number of urea groups is 1. The summed E-state index contributed by atoms with van der Waals surface area (Å²) in [6.07, 6.45) is 3.39. The van der Waals surface area contributed by atoms with Gasteiger partial charge in [-0.1, -0.05) is 0 Å². The molecular weight excluding hydrogens is 290 g/mol. The highest BCUT2D eigenvalue weighted by atomic mass is 32.1. The lowest BCUT2D eigenvalue weighted by Crippen LogP contribution is -2.49. The molecule has 1 fully saturated rings. The van der Waals surface area contributed by atoms with Crippen molar-refractivity contribution in [1.29, 1.82) is 0 Å². The van der Waals surface area contributed by atoms with Crippen LogP contribution in [0, 0.1) is 11.3 Å². The Kier molecular flexibility index (Phi) is 4.82. The SMILES string of the molecule is CC(C)(C(=O)O)C1CCCN(C(=O)NCc2nccs2)C1. The summed E-state index contributed by atoms with van der Waals surface area (Å²) in [6, 6.07) is -0.143. The minimum absolute atomic E-state index is 0.0191. The van der Waals surface area contributed by atoms with E-state index in [2.05, 4.69) is 10.3 Å². The van der Waals surface area contributed by atoms with Gasteiger partial charge in [-0.25, -0.2) is 9.78 Å². The molecular formula is C14H21N3O3S. The number of hydrogen-bond acceptors (Lipinski definition) is 4. The number of aliphatic carboxylic acids is 1. The molecule has 0 spiro atoms. The maximum Gasteiger partial charge on any atom is 0.317 e. The van der Waals surface area contributed by atoms with Crippen molar-refractivity contribution in [3.05, 3.63) is 16.6 Å². The van der Waals surface area contributed by atoms with E-state index >= 15 is 0 Å². The molecule has 0 radical (unpaired) electrons. The Balaban J connectivity index is 1.91. The van der Waals surface area contributed by atoms with E-state index in [0.717, 1.165) is 17.8 Å². The van der Waals surface area contributed by atoms with Crippen molar-refractivity contribution in [3.8, 4) is 0 Å². The number of carboxylic acids is 1. The van der Waals surface area contributed by atoms with Crippen LogP contribution in [0.2, 0.25) is 0 Å². The number of hydrogen-bond donors (Lipinski definition) is 2. The number of carbonyl (C=O) groups is 2. The third-order valence-corrected chi connectivity index (χ3v) is 4.93. The van der Waals surface area contributed by atoms with Gasteiger partial charge in [0.2, 0.25) is 0 Å². The van der Waals surface area contributed by atoms with Crippen LogP contribution in [0.25, 0.3) is 0 Å². The molecule has 7 heteroatoms. The fourth-order valence-electron chi connectivity index (χ4n) is 2.53. The average Bonchev–Trinajstić information content (AvgIpc) is 2.98. The van der Waals surface area contributed by atoms with Crippen molar-refractivity contribution in [3.63, 3.8) is 0 Å². The predicted molar refractivity (Wildman–Crippen MR) is 80.1 cm³/mol. The number of aromatic nitrogens is 1. The Labute approximate surface area is 128 Å². The van der Waals surface area contributed by atoms with Gasteiger partial charge in [0.25, 0.3) is 0 Å². The van der Waals surface area contributed by atoms with Gasteiger partial charge in [-0.3, -0.25) is 4.79 Å². The standard InChI is InChI=1S/C14H21N3O3S/c1-14(2,12(18)19)10-4-3-6-17(9-10)13(20)16-8-11-15-5-7-21-11/h5,7,10H,3-4,6,8-9H2,1-2H3,(H,16,20)(H,18,19). The molecule has 1 unspecified atom stereocenters. The summed E-state index contributed by atoms with van der Waals surface area (Å²) in [7, 11) is 0. The van der Waals surface area contributed by atoms with E-state index in [1.165, 1.54) is 11.3 Å². The van der Waals surface area contributed by atoms with Gasteiger partial charge in [0, 0.05) is 24.7 Å². The Morgan fingerprint density at radius 1 is 1.57 bits per heavy atom. The first-order valence-electron chi connectivity index (χ1n) is 7.06. The minimum atomic E-state index is -0.811. The highest BCUT2D eigenvalue weighted by Gasteiger charge is 2.39. The molecule has 2 rings (SSSR count). The maximum absolute atomic E-state index is 12.2. The smallest absolute Gasteiger partial charge is 0.317 e. The highest BCUT2D eigenvalue weighted by molar-refractivity contribution is 7.09. The largest absolute Gasteiger partial charge is 0.481 e. The molecule has 1 aliphatic rings. The van der Waals surface area contributed by atoms with Crippen LogP contribution in [-0.2, 0) is 11.3 Å². The van der Waals surface area contributed by atoms with Gasteiger partial charge in [-0.05, 0) is 32.6 Å². The van der Waals surface area contributed by atoms with E-state index in [1.54, 1.807) is 24.9 Å². The second-order valence-electron chi connectivity index (χ2n) is 5.90. The first-order chi connectivity index (χ1) is 9.91. The van der Waals surface area contributed by atoms with Crippen LogP contribution in [0.4, 0.5) is 4.79 Å². The molecule has 2 N–H and O–H groups in total. The molecule has 116 valence electrons. The molecule has 0 aliphatic carbocycles. The zero-order valence-corrected chi connectivity index (χ0v) is 13.2. The number of carboxylic acid groups (broad SMARTS) is 1. The van der Waals surface area contributed by atoms with E-state index in [0.29, 0.717) is 19.6 Å². The number of likely N-dealkylation sites (tertiary alicyclic amines) is 1. The van der Waals surface area contributed by atoms with Gasteiger partial charge in [0.05, 0.1) is 12.0 Å². The van der Waals surface area contributed by atoms with Crippen LogP contribution in [0.15, 0.2) is 11.6 Å². The highest BCUT2D eigenvalue weighted by Crippen LogP contribution is 2.34. The van der Waals surface area contributed by atoms with Crippen molar-refractivity contribution < 1.29 is 14.7 Å². The Morgan fingerprint density at radius 3 is 2.95 bits per heavy atom. The van der Waals surface area contributed by atoms with Crippen molar-refractivity contribution in [1.82, 2.24) is 15.2 Å². The van der Waals surface area contributed by atoms with Gasteiger partial charge in [0.1, 0.15) is 5.01 Å². The molecule has 1 saturated heterocycles. The van der Waals surface area contributed by atoms with Crippen LogP contribution < -0.4 is 5.32 Å². The van der Waals surface area contributed by atoms with E-state index in [9.17, 15) is 14.7 Å². The lowest BCUT2D eigenvalue weighted by Gasteiger charge is -2.39. The number of carbonyl (C=O) groups excluding carboxylic acids is 1. The number of nitrogens with zero attached hydrogens (tertiary/aromatic N) is 2. The van der Waals surface area contributed by atoms with Crippen molar-refractivity contribution >= 4 is 23.3 Å². The maximum atomic E-state index is 12.2. The number of piperidine rings is 1. The molecule has 1 atom stereocenters. The van der Waals surface area contributed by atoms with E-state index < -0.39 is 11.4 Å². The summed E-state index contributed by atoms with van der Waals surface area (Å²) in [5.74, 6) is -0.827. The lowest BCUT2D eigenvalue weighted by molar-refractivity contribution is -0.151. The van der Waals surface area contributed by atoms with Crippen LogP contribution in [0.5, 0.6) is 0 Å². The third-order valence-electron chi connectivity index (χ3n) is 4.15. The first kappa shape index (κ1) is 15.8. The van der Waals surface area contributed by atoms with Gasteiger partial charge < -0.3 is 15.3 Å². The van der Waals surface area contributed by atoms with Gasteiger partial charge in [0.15, 0.2) is 0 Å². The first-order valence-corrected chi connectivity index (χ1v) is 7.93. The zero-order valence-electron chi connectivity index (χ0n) is 12.3. The Bertz CT molecular complexity index is 502. The number of rotatable bonds is 4. The summed E-state index contributed by atoms with van der Waals surface area (Å²) in [6.45, 7) is 5.05. The fourth-order valence-corrected chi connectivity index (χ4v) is 3.08. The minimum Gasteiger partial charge on any atom is -0.481 e. The lowest BCUT2D eigenvalue weighted by atomic mass is 9.74. The second kappa shape index (κ2) is 6.43. The predicted octanol–water partition coefficient (Wildman–Crippen LogP) is 2.18. The van der Waals surface area contributed by atoms with Crippen LogP contribution in [-0.4, -0.2) is 40.1 Å². The molecule has 1 aromatic heterocycles. The summed E-state index contributed by atoms with van der Waals surface area (Å²) in [4.78, 5) is 29.4. The number of thiazole rings is 1. The van der Waals surface area contributed by atoms with E-state index in [-0.39, 0.29) is 11.9 Å². The molecule has 6 nitrogen and oxygen atoms in total. The molecule has 0 saturated carbocycles. The van der Waals surface area contributed by atoms with E-state index in [4.69, 9.17) is 0 Å². The molecule has 21 heavy (non-hydrogen) atoms. The van der Waals surface area contributed by atoms with Gasteiger partial charge in [-0.15, -0.1) is 11.3 Å². The van der Waals surface area contributed by atoms with Gasteiger partial charge >= 0.3 is 12.0 Å². The normalized spacial score (nSPS) is 19.3. The molecule has 2 heterocycles. The monoisotopic (exact) mass is 311 g/mol. The zero-order chi connectivity index (χ0) is 15.5. The summed E-state index contributed by atoms with van der Waals surface area (Å²) >= 11 is 1.50. The van der Waals surface area contributed by atoms with Crippen molar-refractivity contribution in [2.45, 2.75) is 33.2 Å². The quantitative estimate of drug-likeness (QED) is 0.893. The average molecular weight is 311 g/mol. The second-order valence-corrected chi connectivity index (χ2v) is 6.88. The van der Waals surface area contributed by atoms with Crippen LogP contribution in [0.1, 0.15) is 31.7 Å². The summed E-state index contributed by atoms with van der Waals surface area (Å²) < 4.78 is 0. The molecule has 0 aromatic carbocycles.